The van der Waals surface area contributed by atoms with Crippen molar-refractivity contribution in [3.05, 3.63) is 0 Å². The lowest BCUT2D eigenvalue weighted by atomic mass is 10.4. The van der Waals surface area contributed by atoms with E-state index in [0.29, 0.717) is 13.0 Å². The summed E-state index contributed by atoms with van der Waals surface area (Å²) < 4.78 is 0. The highest BCUT2D eigenvalue weighted by Gasteiger charge is 2.00. The molecule has 0 saturated heterocycles. The molecule has 2 amide bonds. The van der Waals surface area contributed by atoms with Gasteiger partial charge in [0.25, 0.3) is 0 Å². The van der Waals surface area contributed by atoms with E-state index in [9.17, 15) is 9.59 Å². The van der Waals surface area contributed by atoms with Crippen LogP contribution in [0.25, 0.3) is 0 Å². The second-order valence-electron chi connectivity index (χ2n) is 2.35. The van der Waals surface area contributed by atoms with E-state index in [1.165, 1.54) is 0 Å². The van der Waals surface area contributed by atoms with Crippen LogP contribution < -0.4 is 16.4 Å². The number of nitrogens with two attached hydrogens (primary N) is 1. The maximum atomic E-state index is 10.9. The lowest BCUT2D eigenvalue weighted by Crippen LogP contribution is -2.34. The Morgan fingerprint density at radius 1 is 1.42 bits per heavy atom. The van der Waals surface area contributed by atoms with E-state index in [1.54, 1.807) is 0 Å². The topological polar surface area (TPSA) is 84.2 Å². The molecule has 0 fully saturated rings. The number of hydrogen-bond acceptors (Lipinski definition) is 3. The van der Waals surface area contributed by atoms with Crippen LogP contribution >= 0.6 is 0 Å². The van der Waals surface area contributed by atoms with Crippen molar-refractivity contribution >= 4 is 11.8 Å². The number of carbonyl (C=O) groups excluding carboxylic acids is 2. The van der Waals surface area contributed by atoms with Crippen molar-refractivity contribution in [3.8, 4) is 0 Å². The van der Waals surface area contributed by atoms with E-state index in [4.69, 9.17) is 5.73 Å². The Balaban J connectivity index is 3.28. The van der Waals surface area contributed by atoms with Crippen LogP contribution in [0.15, 0.2) is 0 Å². The molecule has 0 heterocycles. The van der Waals surface area contributed by atoms with E-state index < -0.39 is 5.91 Å². The first-order valence-corrected chi connectivity index (χ1v) is 3.92. The molecule has 0 aliphatic heterocycles. The van der Waals surface area contributed by atoms with Crippen LogP contribution in [0.2, 0.25) is 0 Å². The number of nitrogens with one attached hydrogen (secondary N) is 2. The van der Waals surface area contributed by atoms with Gasteiger partial charge in [0.1, 0.15) is 0 Å². The van der Waals surface area contributed by atoms with Crippen LogP contribution in [0, 0.1) is 0 Å². The lowest BCUT2D eigenvalue weighted by Gasteiger charge is -2.02. The summed E-state index contributed by atoms with van der Waals surface area (Å²) >= 11 is 0. The van der Waals surface area contributed by atoms with E-state index in [1.807, 2.05) is 6.92 Å². The minimum Gasteiger partial charge on any atom is -0.368 e. The molecular formula is C7H15N3O2. The van der Waals surface area contributed by atoms with E-state index in [-0.39, 0.29) is 12.5 Å². The minimum absolute atomic E-state index is 0.0784. The average molecular weight is 173 g/mol. The SMILES string of the molecule is CCNCCC(=O)NCC(N)=O. The highest BCUT2D eigenvalue weighted by atomic mass is 16.2. The standard InChI is InChI=1S/C7H15N3O2/c1-2-9-4-3-7(12)10-5-6(8)11/h9H,2-5H2,1H3,(H2,8,11)(H,10,12). The zero-order valence-corrected chi connectivity index (χ0v) is 7.22. The molecule has 0 radical (unpaired) electrons. The fourth-order valence-corrected chi connectivity index (χ4v) is 0.653. The predicted octanol–water partition coefficient (Wildman–Crippen LogP) is -1.41. The van der Waals surface area contributed by atoms with Gasteiger partial charge in [0.2, 0.25) is 11.8 Å². The van der Waals surface area contributed by atoms with Crippen molar-refractivity contribution in [1.82, 2.24) is 10.6 Å². The quantitative estimate of drug-likeness (QED) is 0.431. The van der Waals surface area contributed by atoms with Crippen LogP contribution in [-0.2, 0) is 9.59 Å². The van der Waals surface area contributed by atoms with Crippen LogP contribution in [-0.4, -0.2) is 31.4 Å². The van der Waals surface area contributed by atoms with E-state index in [2.05, 4.69) is 10.6 Å². The van der Waals surface area contributed by atoms with Gasteiger partial charge in [0.05, 0.1) is 6.54 Å². The molecule has 0 aliphatic carbocycles. The second kappa shape index (κ2) is 6.60. The fraction of sp³-hybridized carbons (Fsp3) is 0.714. The first-order chi connectivity index (χ1) is 5.66. The third-order valence-electron chi connectivity index (χ3n) is 1.24. The van der Waals surface area contributed by atoms with Crippen molar-refractivity contribution in [1.29, 1.82) is 0 Å². The molecule has 4 N–H and O–H groups in total. The van der Waals surface area contributed by atoms with Crippen LogP contribution in [0.3, 0.4) is 0 Å². The summed E-state index contributed by atoms with van der Waals surface area (Å²) in [5, 5.41) is 5.38. The Hall–Kier alpha value is -1.10. The van der Waals surface area contributed by atoms with Crippen LogP contribution in [0.1, 0.15) is 13.3 Å². The number of amides is 2. The van der Waals surface area contributed by atoms with Crippen molar-refractivity contribution in [2.24, 2.45) is 5.73 Å². The molecule has 0 aliphatic rings. The Kier molecular flexibility index (Phi) is 6.00. The van der Waals surface area contributed by atoms with Gasteiger partial charge in [-0.05, 0) is 6.54 Å². The summed E-state index contributed by atoms with van der Waals surface area (Å²) in [7, 11) is 0. The minimum atomic E-state index is -0.521. The maximum absolute atomic E-state index is 10.9. The van der Waals surface area contributed by atoms with Gasteiger partial charge in [0.15, 0.2) is 0 Å². The molecule has 70 valence electrons. The summed E-state index contributed by atoms with van der Waals surface area (Å²) in [6.07, 6.45) is 0.376. The molecule has 0 bridgehead atoms. The Bertz CT molecular complexity index is 159. The first-order valence-electron chi connectivity index (χ1n) is 3.92. The molecule has 0 spiro atoms. The zero-order valence-electron chi connectivity index (χ0n) is 7.22. The smallest absolute Gasteiger partial charge is 0.236 e. The maximum Gasteiger partial charge on any atom is 0.236 e. The average Bonchev–Trinajstić information content (AvgIpc) is 2.01. The summed E-state index contributed by atoms with van der Waals surface area (Å²) in [5.74, 6) is -0.679. The normalized spacial score (nSPS) is 9.42. The van der Waals surface area contributed by atoms with Gasteiger partial charge in [-0.3, -0.25) is 9.59 Å². The number of carbonyl (C=O) groups is 2. The molecule has 5 nitrogen and oxygen atoms in total. The van der Waals surface area contributed by atoms with Gasteiger partial charge in [-0.1, -0.05) is 6.92 Å². The Labute approximate surface area is 71.7 Å². The highest BCUT2D eigenvalue weighted by Crippen LogP contribution is 1.75. The number of hydrogen-bond donors (Lipinski definition) is 3. The van der Waals surface area contributed by atoms with Gasteiger partial charge < -0.3 is 16.4 Å². The summed E-state index contributed by atoms with van der Waals surface area (Å²) in [6.45, 7) is 3.34. The van der Waals surface area contributed by atoms with Gasteiger partial charge >= 0.3 is 0 Å². The molecule has 0 aromatic rings. The molecule has 5 heteroatoms. The molecule has 0 saturated carbocycles. The fourth-order valence-electron chi connectivity index (χ4n) is 0.653. The molecule has 0 atom stereocenters. The van der Waals surface area contributed by atoms with Crippen molar-refractivity contribution in [2.75, 3.05) is 19.6 Å². The Morgan fingerprint density at radius 2 is 2.08 bits per heavy atom. The molecule has 0 aromatic heterocycles. The lowest BCUT2D eigenvalue weighted by molar-refractivity contribution is -0.124. The monoisotopic (exact) mass is 173 g/mol. The molecule has 0 rings (SSSR count). The zero-order chi connectivity index (χ0) is 9.40. The van der Waals surface area contributed by atoms with Gasteiger partial charge in [-0.25, -0.2) is 0 Å². The van der Waals surface area contributed by atoms with Gasteiger partial charge in [-0.2, -0.15) is 0 Å². The first kappa shape index (κ1) is 10.9. The van der Waals surface area contributed by atoms with Crippen molar-refractivity contribution < 1.29 is 9.59 Å². The molecular weight excluding hydrogens is 158 g/mol. The largest absolute Gasteiger partial charge is 0.368 e. The van der Waals surface area contributed by atoms with Gasteiger partial charge in [-0.15, -0.1) is 0 Å². The third kappa shape index (κ3) is 7.01. The van der Waals surface area contributed by atoms with Crippen molar-refractivity contribution in [3.63, 3.8) is 0 Å². The summed E-state index contributed by atoms with van der Waals surface area (Å²) in [5.41, 5.74) is 4.83. The van der Waals surface area contributed by atoms with Crippen LogP contribution in [0.4, 0.5) is 0 Å². The summed E-state index contributed by atoms with van der Waals surface area (Å²) in [4.78, 5) is 21.1. The molecule has 12 heavy (non-hydrogen) atoms. The highest BCUT2D eigenvalue weighted by molar-refractivity contribution is 5.83. The summed E-state index contributed by atoms with van der Waals surface area (Å²) in [6, 6.07) is 0. The van der Waals surface area contributed by atoms with Crippen molar-refractivity contribution in [2.45, 2.75) is 13.3 Å². The van der Waals surface area contributed by atoms with E-state index >= 15 is 0 Å². The second-order valence-corrected chi connectivity index (χ2v) is 2.35. The molecule has 0 unspecified atom stereocenters. The van der Waals surface area contributed by atoms with Crippen LogP contribution in [0.5, 0.6) is 0 Å². The van der Waals surface area contributed by atoms with E-state index in [0.717, 1.165) is 6.54 Å². The predicted molar refractivity (Wildman–Crippen MR) is 45.4 cm³/mol. The number of primary amides is 1. The molecule has 0 aromatic carbocycles. The third-order valence-corrected chi connectivity index (χ3v) is 1.24. The van der Waals surface area contributed by atoms with Gasteiger partial charge in [0, 0.05) is 13.0 Å². The number of rotatable bonds is 6. The Morgan fingerprint density at radius 3 is 2.58 bits per heavy atom.